The number of sulfonamides is 1. The van der Waals surface area contributed by atoms with Crippen LogP contribution in [-0.4, -0.2) is 27.0 Å². The summed E-state index contributed by atoms with van der Waals surface area (Å²) in [5.41, 5.74) is 0.796. The van der Waals surface area contributed by atoms with Crippen molar-refractivity contribution >= 4 is 10.0 Å². The van der Waals surface area contributed by atoms with Crippen molar-refractivity contribution in [3.05, 3.63) is 29.8 Å². The van der Waals surface area contributed by atoms with Crippen LogP contribution in [0.15, 0.2) is 29.2 Å². The zero-order valence-corrected chi connectivity index (χ0v) is 12.0. The molecule has 2 aliphatic rings. The van der Waals surface area contributed by atoms with E-state index < -0.39 is 10.0 Å². The van der Waals surface area contributed by atoms with Crippen LogP contribution in [0.4, 0.5) is 0 Å². The molecule has 2 atom stereocenters. The maximum Gasteiger partial charge on any atom is 0.241 e. The predicted molar refractivity (Wildman–Crippen MR) is 74.4 cm³/mol. The van der Waals surface area contributed by atoms with Crippen LogP contribution in [0.5, 0.6) is 0 Å². The standard InChI is InChI=1S/C14H20N2O2S/c1-11-2-4-13(5-3-11)19(17,18)16-14-7-6-12(8-14)9-15-10-14/h2-5,12,15-16H,6-10H2,1H3. The smallest absolute Gasteiger partial charge is 0.241 e. The average molecular weight is 280 g/mol. The number of piperidine rings is 1. The van der Waals surface area contributed by atoms with Gasteiger partial charge in [0.15, 0.2) is 0 Å². The molecule has 104 valence electrons. The fourth-order valence-corrected chi connectivity index (χ4v) is 4.72. The Hall–Kier alpha value is -0.910. The molecule has 4 nitrogen and oxygen atoms in total. The van der Waals surface area contributed by atoms with Gasteiger partial charge < -0.3 is 5.32 Å². The van der Waals surface area contributed by atoms with Crippen molar-refractivity contribution in [2.45, 2.75) is 36.6 Å². The summed E-state index contributed by atoms with van der Waals surface area (Å²) in [6.45, 7) is 3.72. The van der Waals surface area contributed by atoms with Crippen LogP contribution < -0.4 is 10.0 Å². The van der Waals surface area contributed by atoms with Gasteiger partial charge in [-0.2, -0.15) is 0 Å². The van der Waals surface area contributed by atoms with E-state index in [2.05, 4.69) is 10.0 Å². The van der Waals surface area contributed by atoms with Gasteiger partial charge >= 0.3 is 0 Å². The Balaban J connectivity index is 1.84. The van der Waals surface area contributed by atoms with Crippen LogP contribution in [0.25, 0.3) is 0 Å². The molecule has 19 heavy (non-hydrogen) atoms. The van der Waals surface area contributed by atoms with Gasteiger partial charge in [-0.25, -0.2) is 13.1 Å². The number of nitrogens with one attached hydrogen (secondary N) is 2. The largest absolute Gasteiger partial charge is 0.315 e. The highest BCUT2D eigenvalue weighted by Crippen LogP contribution is 2.37. The first-order valence-electron chi connectivity index (χ1n) is 6.81. The Morgan fingerprint density at radius 1 is 1.32 bits per heavy atom. The first-order valence-corrected chi connectivity index (χ1v) is 8.29. The molecule has 2 N–H and O–H groups in total. The molecule has 2 unspecified atom stereocenters. The van der Waals surface area contributed by atoms with Crippen LogP contribution >= 0.6 is 0 Å². The lowest BCUT2D eigenvalue weighted by Gasteiger charge is -2.34. The Labute approximate surface area is 114 Å². The van der Waals surface area contributed by atoms with Gasteiger partial charge in [0.2, 0.25) is 10.0 Å². The van der Waals surface area contributed by atoms with Gasteiger partial charge in [0.05, 0.1) is 4.90 Å². The van der Waals surface area contributed by atoms with E-state index in [-0.39, 0.29) is 5.54 Å². The molecule has 0 aromatic heterocycles. The molecule has 1 heterocycles. The van der Waals surface area contributed by atoms with Crippen molar-refractivity contribution in [2.24, 2.45) is 5.92 Å². The molecule has 1 aromatic carbocycles. The van der Waals surface area contributed by atoms with E-state index in [1.54, 1.807) is 12.1 Å². The van der Waals surface area contributed by atoms with Crippen LogP contribution in [0.3, 0.4) is 0 Å². The summed E-state index contributed by atoms with van der Waals surface area (Å²) < 4.78 is 27.9. The van der Waals surface area contributed by atoms with Crippen molar-refractivity contribution in [3.8, 4) is 0 Å². The Bertz CT molecular complexity index is 564. The van der Waals surface area contributed by atoms with Gasteiger partial charge in [0.25, 0.3) is 0 Å². The van der Waals surface area contributed by atoms with Crippen LogP contribution in [0.2, 0.25) is 0 Å². The maximum absolute atomic E-state index is 12.5. The van der Waals surface area contributed by atoms with E-state index in [9.17, 15) is 8.42 Å². The van der Waals surface area contributed by atoms with Crippen molar-refractivity contribution in [3.63, 3.8) is 0 Å². The van der Waals surface area contributed by atoms with E-state index in [1.165, 1.54) is 0 Å². The summed E-state index contributed by atoms with van der Waals surface area (Å²) in [7, 11) is -3.41. The second-order valence-corrected chi connectivity index (χ2v) is 7.62. The van der Waals surface area contributed by atoms with E-state index in [4.69, 9.17) is 0 Å². The summed E-state index contributed by atoms with van der Waals surface area (Å²) in [4.78, 5) is 0.362. The van der Waals surface area contributed by atoms with Gasteiger partial charge in [-0.15, -0.1) is 0 Å². The first-order chi connectivity index (χ1) is 8.99. The maximum atomic E-state index is 12.5. The lowest BCUT2D eigenvalue weighted by atomic mass is 9.94. The zero-order valence-electron chi connectivity index (χ0n) is 11.1. The molecule has 3 rings (SSSR count). The lowest BCUT2D eigenvalue weighted by molar-refractivity contribution is 0.303. The zero-order chi connectivity index (χ0) is 13.5. The van der Waals surface area contributed by atoms with Gasteiger partial charge in [-0.3, -0.25) is 0 Å². The molecular weight excluding hydrogens is 260 g/mol. The third-order valence-electron chi connectivity index (χ3n) is 4.29. The van der Waals surface area contributed by atoms with E-state index in [1.807, 2.05) is 19.1 Å². The number of fused-ring (bicyclic) bond motifs is 2. The predicted octanol–water partition coefficient (Wildman–Crippen LogP) is 1.42. The van der Waals surface area contributed by atoms with Crippen molar-refractivity contribution in [2.75, 3.05) is 13.1 Å². The van der Waals surface area contributed by atoms with Gasteiger partial charge in [0, 0.05) is 12.1 Å². The summed E-state index contributed by atoms with van der Waals surface area (Å²) in [6, 6.07) is 7.03. The quantitative estimate of drug-likeness (QED) is 0.880. The third-order valence-corrected chi connectivity index (χ3v) is 5.88. The van der Waals surface area contributed by atoms with Gasteiger partial charge in [-0.1, -0.05) is 17.7 Å². The first kappa shape index (κ1) is 13.1. The van der Waals surface area contributed by atoms with Crippen molar-refractivity contribution < 1.29 is 8.42 Å². The molecule has 2 bridgehead atoms. The van der Waals surface area contributed by atoms with Gasteiger partial charge in [-0.05, 0) is 50.8 Å². The number of hydrogen-bond donors (Lipinski definition) is 2. The molecule has 1 aliphatic carbocycles. The second-order valence-electron chi connectivity index (χ2n) is 5.94. The Morgan fingerprint density at radius 3 is 2.79 bits per heavy atom. The number of rotatable bonds is 3. The fourth-order valence-electron chi connectivity index (χ4n) is 3.28. The minimum atomic E-state index is -3.41. The van der Waals surface area contributed by atoms with Gasteiger partial charge in [0.1, 0.15) is 0 Å². The van der Waals surface area contributed by atoms with Crippen LogP contribution in [0.1, 0.15) is 24.8 Å². The highest BCUT2D eigenvalue weighted by Gasteiger charge is 2.44. The minimum absolute atomic E-state index is 0.271. The van der Waals surface area contributed by atoms with Crippen LogP contribution in [-0.2, 0) is 10.0 Å². The molecule has 2 fully saturated rings. The highest BCUT2D eigenvalue weighted by atomic mass is 32.2. The topological polar surface area (TPSA) is 58.2 Å². The van der Waals surface area contributed by atoms with E-state index in [0.717, 1.165) is 37.9 Å². The number of aryl methyl sites for hydroxylation is 1. The Kier molecular flexibility index (Phi) is 3.15. The summed E-state index contributed by atoms with van der Waals surface area (Å²) >= 11 is 0. The SMILES string of the molecule is Cc1ccc(S(=O)(=O)NC23CCC(CNC2)C3)cc1. The molecule has 1 aromatic rings. The van der Waals surface area contributed by atoms with Crippen molar-refractivity contribution in [1.82, 2.24) is 10.0 Å². The van der Waals surface area contributed by atoms with Crippen LogP contribution in [0, 0.1) is 12.8 Å². The molecule has 0 spiro atoms. The molecule has 1 saturated heterocycles. The van der Waals surface area contributed by atoms with Crippen molar-refractivity contribution in [1.29, 1.82) is 0 Å². The molecule has 5 heteroatoms. The Morgan fingerprint density at radius 2 is 2.05 bits per heavy atom. The molecule has 0 radical (unpaired) electrons. The normalized spacial score (nSPS) is 30.5. The highest BCUT2D eigenvalue weighted by molar-refractivity contribution is 7.89. The number of hydrogen-bond acceptors (Lipinski definition) is 3. The molecule has 1 aliphatic heterocycles. The summed E-state index contributed by atoms with van der Waals surface area (Å²) in [6.07, 6.45) is 3.02. The second kappa shape index (κ2) is 4.58. The fraction of sp³-hybridized carbons (Fsp3) is 0.571. The third kappa shape index (κ3) is 2.55. The summed E-state index contributed by atoms with van der Waals surface area (Å²) in [5, 5.41) is 3.34. The van der Waals surface area contributed by atoms with E-state index >= 15 is 0 Å². The van der Waals surface area contributed by atoms with E-state index in [0.29, 0.717) is 10.8 Å². The minimum Gasteiger partial charge on any atom is -0.315 e. The molecule has 1 saturated carbocycles. The monoisotopic (exact) mass is 280 g/mol. The number of benzene rings is 1. The molecule has 0 amide bonds. The average Bonchev–Trinajstić information content (AvgIpc) is 2.64. The lowest BCUT2D eigenvalue weighted by Crippen LogP contribution is -2.55. The summed E-state index contributed by atoms with van der Waals surface area (Å²) in [5.74, 6) is 0.620. The molecular formula is C14H20N2O2S.